The molecule has 0 fully saturated rings. The van der Waals surface area contributed by atoms with Crippen molar-refractivity contribution in [1.82, 2.24) is 9.55 Å². The lowest BCUT2D eigenvalue weighted by atomic mass is 10.9. The summed E-state index contributed by atoms with van der Waals surface area (Å²) < 4.78 is 34.4. The lowest BCUT2D eigenvalue weighted by Gasteiger charge is -1.94. The van der Waals surface area contributed by atoms with E-state index in [1.165, 1.54) is 13.2 Å². The van der Waals surface area contributed by atoms with E-state index in [2.05, 4.69) is 20.9 Å². The standard InChI is InChI=1S/C4H4BrFN2O2S/c1-8-3(5)2-7-4(8)11(6,9)10/h2H,1H3. The first kappa shape index (κ1) is 8.66. The van der Waals surface area contributed by atoms with Gasteiger partial charge in [0.15, 0.2) is 0 Å². The molecule has 4 nitrogen and oxygen atoms in total. The second-order valence-corrected chi connectivity index (χ2v) is 3.91. The van der Waals surface area contributed by atoms with Gasteiger partial charge in [0.25, 0.3) is 5.16 Å². The van der Waals surface area contributed by atoms with Gasteiger partial charge in [0.1, 0.15) is 4.60 Å². The van der Waals surface area contributed by atoms with Crippen molar-refractivity contribution in [2.24, 2.45) is 7.05 Å². The molecule has 0 aliphatic rings. The van der Waals surface area contributed by atoms with Crippen LogP contribution in [-0.4, -0.2) is 18.0 Å². The van der Waals surface area contributed by atoms with Crippen molar-refractivity contribution in [3.63, 3.8) is 0 Å². The zero-order chi connectivity index (χ0) is 8.65. The number of halogens is 2. The van der Waals surface area contributed by atoms with E-state index in [0.717, 1.165) is 4.57 Å². The highest BCUT2D eigenvalue weighted by atomic mass is 79.9. The number of hydrogen-bond acceptors (Lipinski definition) is 3. The van der Waals surface area contributed by atoms with Gasteiger partial charge in [-0.05, 0) is 15.9 Å². The lowest BCUT2D eigenvalue weighted by Crippen LogP contribution is -2.02. The van der Waals surface area contributed by atoms with Crippen LogP contribution in [0.4, 0.5) is 3.89 Å². The molecule has 0 saturated heterocycles. The van der Waals surface area contributed by atoms with Gasteiger partial charge < -0.3 is 4.57 Å². The van der Waals surface area contributed by atoms with Crippen molar-refractivity contribution in [2.75, 3.05) is 0 Å². The third-order valence-corrected chi connectivity index (χ3v) is 2.66. The Labute approximate surface area is 71.4 Å². The van der Waals surface area contributed by atoms with Gasteiger partial charge in [-0.1, -0.05) is 3.89 Å². The van der Waals surface area contributed by atoms with Crippen molar-refractivity contribution in [3.05, 3.63) is 10.8 Å². The van der Waals surface area contributed by atoms with Gasteiger partial charge in [-0.15, -0.1) is 0 Å². The predicted molar refractivity (Wildman–Crippen MR) is 39.2 cm³/mol. The van der Waals surface area contributed by atoms with Crippen molar-refractivity contribution >= 4 is 26.2 Å². The molecule has 0 atom stereocenters. The van der Waals surface area contributed by atoms with Crippen molar-refractivity contribution in [3.8, 4) is 0 Å². The smallest absolute Gasteiger partial charge is 0.310 e. The fourth-order valence-corrected chi connectivity index (χ4v) is 1.59. The molecular formula is C4H4BrFN2O2S. The van der Waals surface area contributed by atoms with Crippen LogP contribution >= 0.6 is 15.9 Å². The molecule has 1 aromatic heterocycles. The minimum Gasteiger partial charge on any atom is -0.310 e. The first-order chi connectivity index (χ1) is 4.93. The highest BCUT2D eigenvalue weighted by molar-refractivity contribution is 9.10. The molecule has 0 aliphatic heterocycles. The van der Waals surface area contributed by atoms with E-state index in [-0.39, 0.29) is 0 Å². The molecule has 0 aliphatic carbocycles. The molecule has 0 bridgehead atoms. The van der Waals surface area contributed by atoms with E-state index in [0.29, 0.717) is 4.60 Å². The summed E-state index contributed by atoms with van der Waals surface area (Å²) in [4.78, 5) is 3.34. The van der Waals surface area contributed by atoms with E-state index >= 15 is 0 Å². The average molecular weight is 243 g/mol. The molecule has 1 heterocycles. The van der Waals surface area contributed by atoms with Gasteiger partial charge >= 0.3 is 10.2 Å². The molecule has 1 aromatic rings. The summed E-state index contributed by atoms with van der Waals surface area (Å²) in [5.41, 5.74) is 0. The van der Waals surface area contributed by atoms with Gasteiger partial charge in [0.05, 0.1) is 6.20 Å². The molecule has 0 saturated carbocycles. The Morgan fingerprint density at radius 1 is 1.73 bits per heavy atom. The molecule has 11 heavy (non-hydrogen) atoms. The van der Waals surface area contributed by atoms with Gasteiger partial charge in [-0.3, -0.25) is 0 Å². The molecule has 7 heteroatoms. The van der Waals surface area contributed by atoms with Crippen molar-refractivity contribution < 1.29 is 12.3 Å². The third-order valence-electron chi connectivity index (χ3n) is 1.11. The van der Waals surface area contributed by atoms with E-state index in [1.54, 1.807) is 0 Å². The number of nitrogens with zero attached hydrogens (tertiary/aromatic N) is 2. The zero-order valence-corrected chi connectivity index (χ0v) is 7.85. The summed E-state index contributed by atoms with van der Waals surface area (Å²) in [5.74, 6) is 0. The number of aromatic nitrogens is 2. The molecule has 0 aromatic carbocycles. The van der Waals surface area contributed by atoms with E-state index in [9.17, 15) is 12.3 Å². The van der Waals surface area contributed by atoms with Crippen LogP contribution in [0, 0.1) is 0 Å². The monoisotopic (exact) mass is 242 g/mol. The highest BCUT2D eigenvalue weighted by Gasteiger charge is 2.18. The SMILES string of the molecule is Cn1c(Br)cnc1S(=O)(=O)F. The maximum absolute atomic E-state index is 12.3. The largest absolute Gasteiger partial charge is 0.366 e. The fraction of sp³-hybridized carbons (Fsp3) is 0.250. The lowest BCUT2D eigenvalue weighted by molar-refractivity contribution is 0.533. The highest BCUT2D eigenvalue weighted by Crippen LogP contribution is 2.15. The Morgan fingerprint density at radius 3 is 2.45 bits per heavy atom. The van der Waals surface area contributed by atoms with Crippen LogP contribution in [0.3, 0.4) is 0 Å². The maximum Gasteiger partial charge on any atom is 0.366 e. The molecule has 1 rings (SSSR count). The van der Waals surface area contributed by atoms with Crippen molar-refractivity contribution in [1.29, 1.82) is 0 Å². The minimum absolute atomic E-state index is 0.411. The first-order valence-electron chi connectivity index (χ1n) is 2.55. The van der Waals surface area contributed by atoms with Gasteiger partial charge in [0.2, 0.25) is 0 Å². The van der Waals surface area contributed by atoms with Crippen LogP contribution in [0.1, 0.15) is 0 Å². The van der Waals surface area contributed by atoms with Crippen LogP contribution in [-0.2, 0) is 17.3 Å². The first-order valence-corrected chi connectivity index (χ1v) is 4.72. The number of rotatable bonds is 1. The van der Waals surface area contributed by atoms with Crippen molar-refractivity contribution in [2.45, 2.75) is 5.16 Å². The third kappa shape index (κ3) is 1.59. The second kappa shape index (κ2) is 2.56. The Morgan fingerprint density at radius 2 is 2.27 bits per heavy atom. The van der Waals surface area contributed by atoms with Gasteiger partial charge in [-0.2, -0.15) is 8.42 Å². The maximum atomic E-state index is 12.3. The van der Waals surface area contributed by atoms with Crippen LogP contribution < -0.4 is 0 Å². The quantitative estimate of drug-likeness (QED) is 0.687. The van der Waals surface area contributed by atoms with Crippen LogP contribution in [0.15, 0.2) is 16.0 Å². The van der Waals surface area contributed by atoms with Gasteiger partial charge in [-0.25, -0.2) is 4.98 Å². The second-order valence-electron chi connectivity index (χ2n) is 1.86. The van der Waals surface area contributed by atoms with Crippen LogP contribution in [0.5, 0.6) is 0 Å². The Bertz CT molecular complexity index is 371. The Kier molecular flexibility index (Phi) is 2.02. The average Bonchev–Trinajstić information content (AvgIpc) is 2.11. The van der Waals surface area contributed by atoms with Crippen LogP contribution in [0.25, 0.3) is 0 Å². The Balaban J connectivity index is 3.38. The zero-order valence-electron chi connectivity index (χ0n) is 5.45. The van der Waals surface area contributed by atoms with E-state index in [1.807, 2.05) is 0 Å². The molecule has 0 N–H and O–H groups in total. The molecule has 0 radical (unpaired) electrons. The summed E-state index contributed by atoms with van der Waals surface area (Å²) in [6.07, 6.45) is 1.21. The summed E-state index contributed by atoms with van der Waals surface area (Å²) in [6, 6.07) is 0. The molecule has 62 valence electrons. The number of hydrogen-bond donors (Lipinski definition) is 0. The Hall–Kier alpha value is -0.430. The summed E-state index contributed by atoms with van der Waals surface area (Å²) >= 11 is 2.98. The summed E-state index contributed by atoms with van der Waals surface area (Å²) in [5, 5.41) is -0.593. The molecule has 0 amide bonds. The topological polar surface area (TPSA) is 52.0 Å². The number of imidazole rings is 1. The molecule has 0 unspecified atom stereocenters. The fourth-order valence-electron chi connectivity index (χ4n) is 0.600. The van der Waals surface area contributed by atoms with E-state index in [4.69, 9.17) is 0 Å². The molecular weight excluding hydrogens is 239 g/mol. The van der Waals surface area contributed by atoms with Gasteiger partial charge in [0, 0.05) is 7.05 Å². The summed E-state index contributed by atoms with van der Waals surface area (Å²) in [6.45, 7) is 0. The van der Waals surface area contributed by atoms with Crippen LogP contribution in [0.2, 0.25) is 0 Å². The predicted octanol–water partition coefficient (Wildman–Crippen LogP) is 0.841. The minimum atomic E-state index is -4.69. The summed E-state index contributed by atoms with van der Waals surface area (Å²) in [7, 11) is -3.30. The molecule has 0 spiro atoms. The normalized spacial score (nSPS) is 11.9. The van der Waals surface area contributed by atoms with E-state index < -0.39 is 15.4 Å².